The van der Waals surface area contributed by atoms with E-state index in [0.717, 1.165) is 32.1 Å². The zero-order valence-corrected chi connectivity index (χ0v) is 11.6. The number of nitrogens with zero attached hydrogens (tertiary/aromatic N) is 2. The van der Waals surface area contributed by atoms with Crippen molar-refractivity contribution < 1.29 is 9.21 Å². The van der Waals surface area contributed by atoms with E-state index >= 15 is 0 Å². The lowest BCUT2D eigenvalue weighted by atomic mass is 10.1. The van der Waals surface area contributed by atoms with Gasteiger partial charge in [0.2, 0.25) is 5.78 Å². The number of piperazine rings is 1. The summed E-state index contributed by atoms with van der Waals surface area (Å²) in [6, 6.07) is 12.9. The molecule has 3 rings (SSSR count). The summed E-state index contributed by atoms with van der Waals surface area (Å²) in [5, 5.41) is 0. The molecule has 0 amide bonds. The number of carbonyl (C=O) groups excluding carboxylic acids is 1. The number of hydrogen-bond acceptors (Lipinski definition) is 4. The van der Waals surface area contributed by atoms with Gasteiger partial charge in [-0.1, -0.05) is 30.3 Å². The monoisotopic (exact) mass is 270 g/mol. The summed E-state index contributed by atoms with van der Waals surface area (Å²) in [5.41, 5.74) is 0.659. The van der Waals surface area contributed by atoms with Gasteiger partial charge < -0.3 is 14.2 Å². The van der Waals surface area contributed by atoms with Gasteiger partial charge in [0.1, 0.15) is 0 Å². The molecular weight excluding hydrogens is 252 g/mol. The van der Waals surface area contributed by atoms with E-state index in [1.165, 1.54) is 0 Å². The third kappa shape index (κ3) is 2.60. The van der Waals surface area contributed by atoms with Crippen LogP contribution in [0.1, 0.15) is 16.1 Å². The van der Waals surface area contributed by atoms with Crippen molar-refractivity contribution in [1.29, 1.82) is 0 Å². The molecule has 20 heavy (non-hydrogen) atoms. The van der Waals surface area contributed by atoms with Crippen LogP contribution in [0.5, 0.6) is 0 Å². The lowest BCUT2D eigenvalue weighted by molar-refractivity contribution is 0.101. The SMILES string of the molecule is CN1CCN(c2ccc(C(=O)c3ccccc3)o2)CC1. The van der Waals surface area contributed by atoms with Crippen molar-refractivity contribution in [2.45, 2.75) is 0 Å². The van der Waals surface area contributed by atoms with Crippen LogP contribution < -0.4 is 4.90 Å². The maximum absolute atomic E-state index is 12.3. The van der Waals surface area contributed by atoms with Gasteiger partial charge in [-0.2, -0.15) is 0 Å². The van der Waals surface area contributed by atoms with Crippen molar-refractivity contribution >= 4 is 11.7 Å². The highest BCUT2D eigenvalue weighted by Crippen LogP contribution is 2.21. The zero-order chi connectivity index (χ0) is 13.9. The molecule has 1 aliphatic heterocycles. The molecular formula is C16H18N2O2. The van der Waals surface area contributed by atoms with Crippen molar-refractivity contribution in [3.8, 4) is 0 Å². The van der Waals surface area contributed by atoms with Crippen molar-refractivity contribution in [3.63, 3.8) is 0 Å². The number of likely N-dealkylation sites (N-methyl/N-ethyl adjacent to an activating group) is 1. The van der Waals surface area contributed by atoms with Gasteiger partial charge in [-0.3, -0.25) is 4.79 Å². The Balaban J connectivity index is 1.75. The molecule has 2 heterocycles. The molecule has 0 N–H and O–H groups in total. The second-order valence-electron chi connectivity index (χ2n) is 5.12. The smallest absolute Gasteiger partial charge is 0.228 e. The molecule has 0 bridgehead atoms. The first-order chi connectivity index (χ1) is 9.74. The zero-order valence-electron chi connectivity index (χ0n) is 11.6. The number of furan rings is 1. The average Bonchev–Trinajstić information content (AvgIpc) is 2.98. The highest BCUT2D eigenvalue weighted by atomic mass is 16.4. The summed E-state index contributed by atoms with van der Waals surface area (Å²) in [5.74, 6) is 1.13. The van der Waals surface area contributed by atoms with Gasteiger partial charge in [0.15, 0.2) is 11.6 Å². The van der Waals surface area contributed by atoms with E-state index in [1.807, 2.05) is 24.3 Å². The van der Waals surface area contributed by atoms with Crippen molar-refractivity contribution in [2.24, 2.45) is 0 Å². The van der Waals surface area contributed by atoms with Crippen LogP contribution in [0.15, 0.2) is 46.9 Å². The standard InChI is InChI=1S/C16H18N2O2/c1-17-9-11-18(12-10-17)15-8-7-14(20-15)16(19)13-5-3-2-4-6-13/h2-8H,9-12H2,1H3. The van der Waals surface area contributed by atoms with Gasteiger partial charge in [-0.15, -0.1) is 0 Å². The minimum Gasteiger partial charge on any atom is -0.437 e. The van der Waals surface area contributed by atoms with Crippen LogP contribution in [0.2, 0.25) is 0 Å². The second kappa shape index (κ2) is 5.51. The Morgan fingerprint density at radius 1 is 1.00 bits per heavy atom. The highest BCUT2D eigenvalue weighted by Gasteiger charge is 2.19. The molecule has 0 unspecified atom stereocenters. The Morgan fingerprint density at radius 2 is 1.70 bits per heavy atom. The molecule has 1 fully saturated rings. The summed E-state index contributed by atoms with van der Waals surface area (Å²) in [6.45, 7) is 3.90. The van der Waals surface area contributed by atoms with Gasteiger partial charge in [0.25, 0.3) is 0 Å². The van der Waals surface area contributed by atoms with E-state index in [1.54, 1.807) is 18.2 Å². The second-order valence-corrected chi connectivity index (χ2v) is 5.12. The topological polar surface area (TPSA) is 36.7 Å². The lowest BCUT2D eigenvalue weighted by Gasteiger charge is -2.32. The van der Waals surface area contributed by atoms with Crippen LogP contribution in [-0.4, -0.2) is 43.9 Å². The van der Waals surface area contributed by atoms with E-state index in [-0.39, 0.29) is 5.78 Å². The quantitative estimate of drug-likeness (QED) is 0.802. The minimum absolute atomic E-state index is 0.0639. The molecule has 4 nitrogen and oxygen atoms in total. The molecule has 1 saturated heterocycles. The van der Waals surface area contributed by atoms with Crippen LogP contribution in [0.25, 0.3) is 0 Å². The highest BCUT2D eigenvalue weighted by molar-refractivity contribution is 6.07. The number of benzene rings is 1. The minimum atomic E-state index is -0.0639. The first kappa shape index (κ1) is 12.9. The Kier molecular flexibility index (Phi) is 3.56. The maximum Gasteiger partial charge on any atom is 0.228 e. The fourth-order valence-corrected chi connectivity index (χ4v) is 2.38. The molecule has 0 aliphatic carbocycles. The molecule has 1 aliphatic rings. The van der Waals surface area contributed by atoms with Crippen LogP contribution in [0.4, 0.5) is 5.88 Å². The van der Waals surface area contributed by atoms with E-state index in [4.69, 9.17) is 4.42 Å². The number of ketones is 1. The number of rotatable bonds is 3. The third-order valence-corrected chi connectivity index (χ3v) is 3.67. The Hall–Kier alpha value is -2.07. The summed E-state index contributed by atoms with van der Waals surface area (Å²) < 4.78 is 5.73. The van der Waals surface area contributed by atoms with Crippen molar-refractivity contribution in [1.82, 2.24) is 4.90 Å². The van der Waals surface area contributed by atoms with Crippen LogP contribution in [-0.2, 0) is 0 Å². The van der Waals surface area contributed by atoms with Gasteiger partial charge in [-0.05, 0) is 13.1 Å². The predicted molar refractivity (Wildman–Crippen MR) is 78.3 cm³/mol. The van der Waals surface area contributed by atoms with Crippen molar-refractivity contribution in [2.75, 3.05) is 38.1 Å². The summed E-state index contributed by atoms with van der Waals surface area (Å²) in [6.07, 6.45) is 0. The first-order valence-electron chi connectivity index (χ1n) is 6.87. The van der Waals surface area contributed by atoms with E-state index < -0.39 is 0 Å². The average molecular weight is 270 g/mol. The van der Waals surface area contributed by atoms with Gasteiger partial charge >= 0.3 is 0 Å². The van der Waals surface area contributed by atoms with Crippen LogP contribution in [0, 0.1) is 0 Å². The van der Waals surface area contributed by atoms with Gasteiger partial charge in [0.05, 0.1) is 0 Å². The molecule has 0 atom stereocenters. The molecule has 0 spiro atoms. The van der Waals surface area contributed by atoms with Crippen molar-refractivity contribution in [3.05, 3.63) is 53.8 Å². The molecule has 0 radical (unpaired) electrons. The molecule has 0 saturated carbocycles. The molecule has 1 aromatic carbocycles. The van der Waals surface area contributed by atoms with Crippen LogP contribution in [0.3, 0.4) is 0 Å². The van der Waals surface area contributed by atoms with Gasteiger partial charge in [-0.25, -0.2) is 0 Å². The van der Waals surface area contributed by atoms with E-state index in [0.29, 0.717) is 11.3 Å². The lowest BCUT2D eigenvalue weighted by Crippen LogP contribution is -2.44. The summed E-state index contributed by atoms with van der Waals surface area (Å²) in [4.78, 5) is 16.7. The Labute approximate surface area is 118 Å². The third-order valence-electron chi connectivity index (χ3n) is 3.67. The summed E-state index contributed by atoms with van der Waals surface area (Å²) in [7, 11) is 2.11. The number of anilines is 1. The van der Waals surface area contributed by atoms with Crippen LogP contribution >= 0.6 is 0 Å². The fourth-order valence-electron chi connectivity index (χ4n) is 2.38. The number of carbonyl (C=O) groups is 1. The maximum atomic E-state index is 12.3. The molecule has 104 valence electrons. The molecule has 4 heteroatoms. The Bertz CT molecular complexity index is 584. The number of hydrogen-bond donors (Lipinski definition) is 0. The van der Waals surface area contributed by atoms with E-state index in [9.17, 15) is 4.79 Å². The normalized spacial score (nSPS) is 16.4. The summed E-state index contributed by atoms with van der Waals surface area (Å²) >= 11 is 0. The molecule has 1 aromatic heterocycles. The van der Waals surface area contributed by atoms with Gasteiger partial charge in [0, 0.05) is 37.8 Å². The fraction of sp³-hybridized carbons (Fsp3) is 0.312. The van der Waals surface area contributed by atoms with E-state index in [2.05, 4.69) is 16.8 Å². The Morgan fingerprint density at radius 3 is 2.40 bits per heavy atom. The molecule has 2 aromatic rings. The predicted octanol–water partition coefficient (Wildman–Crippen LogP) is 2.26. The first-order valence-corrected chi connectivity index (χ1v) is 6.87. The largest absolute Gasteiger partial charge is 0.437 e.